The molecule has 0 heterocycles. The van der Waals surface area contributed by atoms with E-state index in [4.69, 9.17) is 0 Å². The van der Waals surface area contributed by atoms with Crippen molar-refractivity contribution in [3.63, 3.8) is 0 Å². The predicted molar refractivity (Wildman–Crippen MR) is 249 cm³/mol. The molecule has 324 valence electrons. The molecule has 0 nitrogen and oxygen atoms in total. The van der Waals surface area contributed by atoms with E-state index in [1.165, 1.54) is 270 Å². The smallest absolute Gasteiger partial charge is 0.0443 e. The summed E-state index contributed by atoms with van der Waals surface area (Å²) < 4.78 is 0. The lowest BCUT2D eigenvalue weighted by atomic mass is 9.91. The maximum atomic E-state index is 2.36. The van der Waals surface area contributed by atoms with Gasteiger partial charge in [0.2, 0.25) is 0 Å². The van der Waals surface area contributed by atoms with Gasteiger partial charge >= 0.3 is 0 Å². The molecular weight excluding hydrogens is 649 g/mol. The summed E-state index contributed by atoms with van der Waals surface area (Å²) in [5.74, 6) is 6.22. The van der Waals surface area contributed by atoms with E-state index < -0.39 is 0 Å². The second-order valence-electron chi connectivity index (χ2n) is 20.7. The molecule has 0 N–H and O–H groups in total. The molecule has 0 amide bonds. The van der Waals surface area contributed by atoms with Crippen molar-refractivity contribution < 1.29 is 0 Å². The highest BCUT2D eigenvalue weighted by molar-refractivity contribution is 4.63. The second kappa shape index (κ2) is 39.8. The van der Waals surface area contributed by atoms with Crippen LogP contribution in [0.15, 0.2) is 0 Å². The zero-order valence-corrected chi connectivity index (χ0v) is 39.2. The molecule has 0 atom stereocenters. The van der Waals surface area contributed by atoms with Crippen LogP contribution in [0.25, 0.3) is 0 Å². The molecule has 0 aromatic heterocycles. The molecule has 8 aliphatic carbocycles. The molecule has 8 saturated carbocycles. The van der Waals surface area contributed by atoms with Gasteiger partial charge in [0.1, 0.15) is 0 Å². The quantitative estimate of drug-likeness (QED) is 0.231. The summed E-state index contributed by atoms with van der Waals surface area (Å²) >= 11 is 0. The summed E-state index contributed by atoms with van der Waals surface area (Å²) in [6.07, 6.45) is 62.6. The van der Waals surface area contributed by atoms with Crippen LogP contribution in [0, 0.1) is 35.5 Å². The minimum Gasteiger partial charge on any atom is -0.0625 e. The molecule has 0 saturated heterocycles. The zero-order chi connectivity index (χ0) is 39.2. The SMILES string of the molecule is C1CCCCC1.C1CCCCC1.CC1CCCCC1.CC1CCCCC1.CC1CCCCC1.CC1CCCCC1.CC1CCCCC1.CC1CCCCC1. The van der Waals surface area contributed by atoms with Crippen molar-refractivity contribution in [1.29, 1.82) is 0 Å². The molecule has 0 radical (unpaired) electrons. The summed E-state index contributed by atoms with van der Waals surface area (Å²) in [5, 5.41) is 0. The van der Waals surface area contributed by atoms with Gasteiger partial charge in [0.05, 0.1) is 0 Å². The Labute approximate surface area is 345 Å². The molecule has 0 aliphatic heterocycles. The van der Waals surface area contributed by atoms with Crippen LogP contribution in [0.5, 0.6) is 0 Å². The first-order valence-corrected chi connectivity index (χ1v) is 26.4. The number of hydrogen-bond donors (Lipinski definition) is 0. The van der Waals surface area contributed by atoms with Crippen LogP contribution in [-0.4, -0.2) is 0 Å². The molecule has 0 unspecified atom stereocenters. The van der Waals surface area contributed by atoms with Gasteiger partial charge in [-0.05, 0) is 35.5 Å². The molecule has 8 aliphatic rings. The van der Waals surface area contributed by atoms with Gasteiger partial charge < -0.3 is 0 Å². The molecule has 0 bridgehead atoms. The van der Waals surface area contributed by atoms with E-state index in [-0.39, 0.29) is 0 Å². The van der Waals surface area contributed by atoms with Crippen LogP contribution in [0.3, 0.4) is 0 Å². The van der Waals surface area contributed by atoms with E-state index >= 15 is 0 Å². The van der Waals surface area contributed by atoms with Crippen LogP contribution >= 0.6 is 0 Å². The zero-order valence-electron chi connectivity index (χ0n) is 39.2. The van der Waals surface area contributed by atoms with E-state index in [2.05, 4.69) is 41.5 Å². The third kappa shape index (κ3) is 37.6. The van der Waals surface area contributed by atoms with Crippen molar-refractivity contribution in [3.05, 3.63) is 0 Å². The van der Waals surface area contributed by atoms with E-state index in [0.717, 1.165) is 35.5 Å². The third-order valence-electron chi connectivity index (χ3n) is 14.4. The Morgan fingerprint density at radius 2 is 0.204 bits per heavy atom. The molecule has 0 aromatic carbocycles. The van der Waals surface area contributed by atoms with Crippen molar-refractivity contribution in [2.24, 2.45) is 35.5 Å². The number of hydrogen-bond acceptors (Lipinski definition) is 0. The van der Waals surface area contributed by atoms with E-state index in [0.29, 0.717) is 0 Å². The van der Waals surface area contributed by atoms with Gasteiger partial charge in [-0.1, -0.05) is 311 Å². The van der Waals surface area contributed by atoms with Crippen molar-refractivity contribution in [2.45, 2.75) is 311 Å². The van der Waals surface area contributed by atoms with Crippen LogP contribution < -0.4 is 0 Å². The average molecular weight is 757 g/mol. The molecular formula is C54H108. The Balaban J connectivity index is 0.000000309. The van der Waals surface area contributed by atoms with Gasteiger partial charge in [-0.2, -0.15) is 0 Å². The topological polar surface area (TPSA) is 0 Å². The van der Waals surface area contributed by atoms with Gasteiger partial charge in [0, 0.05) is 0 Å². The molecule has 54 heavy (non-hydrogen) atoms. The van der Waals surface area contributed by atoms with Gasteiger partial charge in [0.15, 0.2) is 0 Å². The standard InChI is InChI=1S/6C7H14.2C6H12/c6*1-7-5-3-2-4-6-7;2*1-2-4-6-5-3-1/h6*7H,2-6H2,1H3;2*1-6H2. The molecule has 0 spiro atoms. The Morgan fingerprint density at radius 1 is 0.130 bits per heavy atom. The average Bonchev–Trinajstić information content (AvgIpc) is 3.23. The number of rotatable bonds is 0. The summed E-state index contributed by atoms with van der Waals surface area (Å²) in [4.78, 5) is 0. The highest BCUT2D eigenvalue weighted by Crippen LogP contribution is 2.25. The van der Waals surface area contributed by atoms with Crippen LogP contribution in [0.2, 0.25) is 0 Å². The Kier molecular flexibility index (Phi) is 38.3. The molecule has 0 aromatic rings. The monoisotopic (exact) mass is 757 g/mol. The molecule has 0 heteroatoms. The highest BCUT2D eigenvalue weighted by atomic mass is 14.2. The Hall–Kier alpha value is 0. The molecule has 8 fully saturated rings. The second-order valence-corrected chi connectivity index (χ2v) is 20.7. The Morgan fingerprint density at radius 3 is 0.259 bits per heavy atom. The first-order valence-electron chi connectivity index (χ1n) is 26.4. The van der Waals surface area contributed by atoms with Crippen LogP contribution in [0.1, 0.15) is 311 Å². The van der Waals surface area contributed by atoms with Crippen molar-refractivity contribution >= 4 is 0 Å². The lowest BCUT2D eigenvalue weighted by Crippen LogP contribution is -1.99. The van der Waals surface area contributed by atoms with E-state index in [1.54, 1.807) is 0 Å². The Bertz CT molecular complexity index is 506. The van der Waals surface area contributed by atoms with Gasteiger partial charge in [-0.3, -0.25) is 0 Å². The fourth-order valence-electron chi connectivity index (χ4n) is 9.96. The first-order chi connectivity index (χ1) is 26.4. The summed E-state index contributed by atoms with van der Waals surface area (Å²) in [5.41, 5.74) is 0. The first kappa shape index (κ1) is 52.0. The maximum Gasteiger partial charge on any atom is -0.0443 e. The third-order valence-corrected chi connectivity index (χ3v) is 14.4. The fourth-order valence-corrected chi connectivity index (χ4v) is 9.96. The largest absolute Gasteiger partial charge is 0.0625 e. The van der Waals surface area contributed by atoms with Crippen molar-refractivity contribution in [1.82, 2.24) is 0 Å². The molecule has 8 rings (SSSR count). The van der Waals surface area contributed by atoms with Crippen molar-refractivity contribution in [2.75, 3.05) is 0 Å². The van der Waals surface area contributed by atoms with E-state index in [1.807, 2.05) is 0 Å². The minimum absolute atomic E-state index is 1.04. The fraction of sp³-hybridized carbons (Fsp3) is 1.00. The van der Waals surface area contributed by atoms with Gasteiger partial charge in [0.25, 0.3) is 0 Å². The summed E-state index contributed by atoms with van der Waals surface area (Å²) in [6.45, 7) is 14.2. The van der Waals surface area contributed by atoms with Crippen LogP contribution in [-0.2, 0) is 0 Å². The minimum atomic E-state index is 1.04. The maximum absolute atomic E-state index is 2.36. The van der Waals surface area contributed by atoms with Gasteiger partial charge in [-0.15, -0.1) is 0 Å². The lowest BCUT2D eigenvalue weighted by Gasteiger charge is -2.15. The normalized spacial score (nSPS) is 25.0. The highest BCUT2D eigenvalue weighted by Gasteiger charge is 2.09. The summed E-state index contributed by atoms with van der Waals surface area (Å²) in [6, 6.07) is 0. The summed E-state index contributed by atoms with van der Waals surface area (Å²) in [7, 11) is 0. The van der Waals surface area contributed by atoms with Gasteiger partial charge in [-0.25, -0.2) is 0 Å². The predicted octanol–water partition coefficient (Wildman–Crippen LogP) is 20.2. The lowest BCUT2D eigenvalue weighted by molar-refractivity contribution is 0.385. The van der Waals surface area contributed by atoms with Crippen LogP contribution in [0.4, 0.5) is 0 Å². The van der Waals surface area contributed by atoms with Crippen molar-refractivity contribution in [3.8, 4) is 0 Å². The van der Waals surface area contributed by atoms with E-state index in [9.17, 15) is 0 Å².